The molecule has 1 atom stereocenters. The highest BCUT2D eigenvalue weighted by molar-refractivity contribution is 5.69. The molecule has 1 aromatic heterocycles. The molecule has 1 heterocycles. The molecule has 0 bridgehead atoms. The van der Waals surface area contributed by atoms with Gasteiger partial charge in [-0.25, -0.2) is 0 Å². The molecule has 0 saturated heterocycles. The lowest BCUT2D eigenvalue weighted by Crippen LogP contribution is -2.02. The Kier molecular flexibility index (Phi) is 7.51. The standard InChI is InChI=1S/C27H33NO2/c1-6-19(4)22-12-14-24(15-13-22)30-18-23-17-28-25(16-26(23)29-5)27-20(7-2)10-9-11-21(27)8-3/h9-17,19H,6-8,18H2,1-5H3. The predicted molar refractivity (Wildman–Crippen MR) is 124 cm³/mol. The molecule has 158 valence electrons. The number of aromatic nitrogens is 1. The van der Waals surface area contributed by atoms with Gasteiger partial charge in [0.15, 0.2) is 0 Å². The van der Waals surface area contributed by atoms with E-state index in [2.05, 4.69) is 58.0 Å². The fourth-order valence-corrected chi connectivity index (χ4v) is 3.76. The molecular weight excluding hydrogens is 370 g/mol. The van der Waals surface area contributed by atoms with Crippen LogP contribution < -0.4 is 9.47 Å². The minimum atomic E-state index is 0.426. The molecule has 0 spiro atoms. The summed E-state index contributed by atoms with van der Waals surface area (Å²) < 4.78 is 11.7. The molecule has 0 amide bonds. The first-order valence-electron chi connectivity index (χ1n) is 11.0. The summed E-state index contributed by atoms with van der Waals surface area (Å²) in [6.07, 6.45) is 4.97. The largest absolute Gasteiger partial charge is 0.496 e. The molecular formula is C27H33NO2. The topological polar surface area (TPSA) is 31.4 Å². The summed E-state index contributed by atoms with van der Waals surface area (Å²) in [6, 6.07) is 16.9. The van der Waals surface area contributed by atoms with E-state index < -0.39 is 0 Å². The van der Waals surface area contributed by atoms with Gasteiger partial charge in [0.2, 0.25) is 0 Å². The molecule has 0 radical (unpaired) electrons. The van der Waals surface area contributed by atoms with Crippen molar-refractivity contribution in [1.82, 2.24) is 4.98 Å². The van der Waals surface area contributed by atoms with Gasteiger partial charge in [-0.3, -0.25) is 4.98 Å². The van der Waals surface area contributed by atoms with Crippen LogP contribution in [0.1, 0.15) is 62.3 Å². The summed E-state index contributed by atoms with van der Waals surface area (Å²) in [5.74, 6) is 2.23. The van der Waals surface area contributed by atoms with E-state index in [-0.39, 0.29) is 0 Å². The summed E-state index contributed by atoms with van der Waals surface area (Å²) in [6.45, 7) is 9.25. The second-order valence-corrected chi connectivity index (χ2v) is 7.71. The molecule has 0 aliphatic carbocycles. The smallest absolute Gasteiger partial charge is 0.129 e. The van der Waals surface area contributed by atoms with Gasteiger partial charge in [0, 0.05) is 23.4 Å². The van der Waals surface area contributed by atoms with Gasteiger partial charge in [0.25, 0.3) is 0 Å². The molecule has 3 aromatic rings. The van der Waals surface area contributed by atoms with Crippen molar-refractivity contribution < 1.29 is 9.47 Å². The van der Waals surface area contributed by atoms with Crippen LogP contribution in [-0.2, 0) is 19.4 Å². The van der Waals surface area contributed by atoms with Crippen molar-refractivity contribution in [3.05, 3.63) is 77.0 Å². The van der Waals surface area contributed by atoms with E-state index in [1.165, 1.54) is 22.3 Å². The van der Waals surface area contributed by atoms with Gasteiger partial charge in [0.05, 0.1) is 12.8 Å². The Bertz CT molecular complexity index is 941. The van der Waals surface area contributed by atoms with E-state index in [0.29, 0.717) is 12.5 Å². The van der Waals surface area contributed by atoms with Gasteiger partial charge in [0.1, 0.15) is 18.1 Å². The Morgan fingerprint density at radius 2 is 1.57 bits per heavy atom. The number of benzene rings is 2. The van der Waals surface area contributed by atoms with E-state index in [4.69, 9.17) is 14.5 Å². The average Bonchev–Trinajstić information content (AvgIpc) is 2.81. The average molecular weight is 404 g/mol. The van der Waals surface area contributed by atoms with Crippen molar-refractivity contribution in [3.8, 4) is 22.8 Å². The first-order valence-corrected chi connectivity index (χ1v) is 11.0. The lowest BCUT2D eigenvalue weighted by atomic mass is 9.94. The van der Waals surface area contributed by atoms with E-state index >= 15 is 0 Å². The maximum atomic E-state index is 6.02. The normalized spacial score (nSPS) is 11.9. The molecule has 3 heteroatoms. The van der Waals surface area contributed by atoms with Gasteiger partial charge in [-0.05, 0) is 54.0 Å². The number of hydrogen-bond acceptors (Lipinski definition) is 3. The third-order valence-electron chi connectivity index (χ3n) is 5.87. The minimum absolute atomic E-state index is 0.426. The highest BCUT2D eigenvalue weighted by atomic mass is 16.5. The highest BCUT2D eigenvalue weighted by Crippen LogP contribution is 2.31. The predicted octanol–water partition coefficient (Wildman–Crippen LogP) is 6.97. The van der Waals surface area contributed by atoms with E-state index in [9.17, 15) is 0 Å². The van der Waals surface area contributed by atoms with Crippen molar-refractivity contribution in [2.75, 3.05) is 7.11 Å². The molecule has 3 rings (SSSR count). The summed E-state index contributed by atoms with van der Waals surface area (Å²) in [5.41, 5.74) is 7.11. The number of ether oxygens (including phenoxy) is 2. The molecule has 0 aliphatic rings. The molecule has 0 aliphatic heterocycles. The molecule has 30 heavy (non-hydrogen) atoms. The summed E-state index contributed by atoms with van der Waals surface area (Å²) >= 11 is 0. The number of hydrogen-bond donors (Lipinski definition) is 0. The first-order chi connectivity index (χ1) is 14.6. The lowest BCUT2D eigenvalue weighted by molar-refractivity contribution is 0.296. The van der Waals surface area contributed by atoms with Gasteiger partial charge >= 0.3 is 0 Å². The number of pyridine rings is 1. The van der Waals surface area contributed by atoms with Crippen LogP contribution in [0, 0.1) is 0 Å². The second kappa shape index (κ2) is 10.3. The van der Waals surface area contributed by atoms with Crippen LogP contribution in [0.15, 0.2) is 54.7 Å². The van der Waals surface area contributed by atoms with Gasteiger partial charge < -0.3 is 9.47 Å². The van der Waals surface area contributed by atoms with Gasteiger partial charge in [-0.15, -0.1) is 0 Å². The van der Waals surface area contributed by atoms with Crippen molar-refractivity contribution in [3.63, 3.8) is 0 Å². The maximum Gasteiger partial charge on any atom is 0.129 e. The van der Waals surface area contributed by atoms with E-state index in [0.717, 1.165) is 42.0 Å². The number of aryl methyl sites for hydroxylation is 2. The third kappa shape index (κ3) is 4.84. The van der Waals surface area contributed by atoms with Crippen LogP contribution in [-0.4, -0.2) is 12.1 Å². The lowest BCUT2D eigenvalue weighted by Gasteiger charge is -2.16. The van der Waals surface area contributed by atoms with Crippen molar-refractivity contribution in [2.45, 2.75) is 59.5 Å². The van der Waals surface area contributed by atoms with Gasteiger partial charge in [-0.1, -0.05) is 58.0 Å². The van der Waals surface area contributed by atoms with Gasteiger partial charge in [-0.2, -0.15) is 0 Å². The first kappa shape index (κ1) is 21.9. The summed E-state index contributed by atoms with van der Waals surface area (Å²) in [5, 5.41) is 0. The summed E-state index contributed by atoms with van der Waals surface area (Å²) in [4.78, 5) is 4.78. The van der Waals surface area contributed by atoms with Crippen LogP contribution in [0.4, 0.5) is 0 Å². The molecule has 1 unspecified atom stereocenters. The Morgan fingerprint density at radius 3 is 2.13 bits per heavy atom. The maximum absolute atomic E-state index is 6.02. The number of nitrogens with zero attached hydrogens (tertiary/aromatic N) is 1. The Morgan fingerprint density at radius 1 is 0.900 bits per heavy atom. The fourth-order valence-electron chi connectivity index (χ4n) is 3.76. The molecule has 0 fully saturated rings. The van der Waals surface area contributed by atoms with E-state index in [1.807, 2.05) is 24.4 Å². The Hall–Kier alpha value is -2.81. The van der Waals surface area contributed by atoms with Crippen LogP contribution in [0.5, 0.6) is 11.5 Å². The molecule has 3 nitrogen and oxygen atoms in total. The zero-order valence-electron chi connectivity index (χ0n) is 18.9. The van der Waals surface area contributed by atoms with Crippen LogP contribution in [0.25, 0.3) is 11.3 Å². The fraction of sp³-hybridized carbons (Fsp3) is 0.370. The SMILES string of the molecule is CCc1cccc(CC)c1-c1cc(OC)c(COc2ccc(C(C)CC)cc2)cn1. The minimum Gasteiger partial charge on any atom is -0.496 e. The number of methoxy groups -OCH3 is 1. The van der Waals surface area contributed by atoms with Crippen molar-refractivity contribution in [2.24, 2.45) is 0 Å². The Labute approximate surface area is 181 Å². The summed E-state index contributed by atoms with van der Waals surface area (Å²) in [7, 11) is 1.70. The van der Waals surface area contributed by atoms with E-state index in [1.54, 1.807) is 7.11 Å². The zero-order valence-corrected chi connectivity index (χ0v) is 18.9. The Balaban J connectivity index is 1.82. The molecule has 0 N–H and O–H groups in total. The zero-order chi connectivity index (χ0) is 21.5. The molecule has 2 aromatic carbocycles. The van der Waals surface area contributed by atoms with Crippen LogP contribution in [0.3, 0.4) is 0 Å². The third-order valence-corrected chi connectivity index (χ3v) is 5.87. The monoisotopic (exact) mass is 403 g/mol. The quantitative estimate of drug-likeness (QED) is 0.386. The van der Waals surface area contributed by atoms with Crippen molar-refractivity contribution in [1.29, 1.82) is 0 Å². The number of rotatable bonds is 9. The highest BCUT2D eigenvalue weighted by Gasteiger charge is 2.14. The van der Waals surface area contributed by atoms with Crippen molar-refractivity contribution >= 4 is 0 Å². The molecule has 0 saturated carbocycles. The van der Waals surface area contributed by atoms with Crippen LogP contribution in [0.2, 0.25) is 0 Å². The second-order valence-electron chi connectivity index (χ2n) is 7.71. The van der Waals surface area contributed by atoms with Crippen LogP contribution >= 0.6 is 0 Å².